The summed E-state index contributed by atoms with van der Waals surface area (Å²) in [4.78, 5) is 4.81. The number of aliphatic imine (C=N–C) groups is 1. The van der Waals surface area contributed by atoms with Crippen LogP contribution in [0.4, 0.5) is 5.69 Å². The molecule has 0 fully saturated rings. The van der Waals surface area contributed by atoms with Crippen LogP contribution in [0.25, 0.3) is 0 Å². The summed E-state index contributed by atoms with van der Waals surface area (Å²) < 4.78 is 27.3. The van der Waals surface area contributed by atoms with Crippen LogP contribution in [0, 0.1) is 0 Å². The molecule has 1 unspecified atom stereocenters. The average molecular weight is 341 g/mol. The summed E-state index contributed by atoms with van der Waals surface area (Å²) in [6.45, 7) is 0.281. The number of hydrogen-bond donors (Lipinski definition) is 2. The zero-order valence-electron chi connectivity index (χ0n) is 13.1. The van der Waals surface area contributed by atoms with E-state index in [9.17, 15) is 8.42 Å². The summed E-state index contributed by atoms with van der Waals surface area (Å²) in [5, 5.41) is 0. The molecule has 0 radical (unpaired) electrons. The van der Waals surface area contributed by atoms with Crippen LogP contribution in [0.5, 0.6) is 0 Å². The molecule has 2 aromatic rings. The Labute approximate surface area is 142 Å². The molecule has 0 bridgehead atoms. The summed E-state index contributed by atoms with van der Waals surface area (Å²) in [7, 11) is -3.51. The molecule has 3 N–H and O–H groups in total. The lowest BCUT2D eigenvalue weighted by atomic mass is 9.88. The third-order valence-electron chi connectivity index (χ3n) is 4.03. The molecule has 3 rings (SSSR count). The lowest BCUT2D eigenvalue weighted by Gasteiger charge is -2.25. The van der Waals surface area contributed by atoms with Crippen molar-refractivity contribution in [2.24, 2.45) is 4.99 Å². The Hall–Kier alpha value is -2.44. The van der Waals surface area contributed by atoms with E-state index in [0.29, 0.717) is 12.1 Å². The molecule has 0 aromatic heterocycles. The fourth-order valence-electron chi connectivity index (χ4n) is 2.71. The van der Waals surface area contributed by atoms with Gasteiger partial charge in [0, 0.05) is 18.4 Å². The molecule has 24 heavy (non-hydrogen) atoms. The number of rotatable bonds is 6. The molecule has 0 saturated carbocycles. The summed E-state index contributed by atoms with van der Waals surface area (Å²) in [5.41, 5.74) is 6.86. The van der Waals surface area contributed by atoms with Crippen molar-refractivity contribution >= 4 is 21.9 Å². The predicted molar refractivity (Wildman–Crippen MR) is 96.4 cm³/mol. The van der Waals surface area contributed by atoms with Crippen molar-refractivity contribution in [3.8, 4) is 0 Å². The van der Waals surface area contributed by atoms with Crippen molar-refractivity contribution in [2.75, 3.05) is 12.3 Å². The fourth-order valence-corrected chi connectivity index (χ4v) is 3.77. The summed E-state index contributed by atoms with van der Waals surface area (Å²) >= 11 is 0. The molecule has 1 aliphatic rings. The van der Waals surface area contributed by atoms with Crippen LogP contribution in [0.3, 0.4) is 0 Å². The quantitative estimate of drug-likeness (QED) is 0.792. The van der Waals surface area contributed by atoms with Crippen molar-refractivity contribution in [1.29, 1.82) is 0 Å². The van der Waals surface area contributed by atoms with Gasteiger partial charge in [0.25, 0.3) is 0 Å². The standard InChI is InChI=1S/C18H19N3O2S/c19-16-9-7-15(8-10-16)18(11-4-13-20-18)12-14-21-24(22,23)17-5-2-1-3-6-17/h1-11,13,21H,12,14,19H2. The molecular weight excluding hydrogens is 322 g/mol. The van der Waals surface area contributed by atoms with E-state index in [-0.39, 0.29) is 11.4 Å². The lowest BCUT2D eigenvalue weighted by molar-refractivity contribution is 0.512. The predicted octanol–water partition coefficient (Wildman–Crippen LogP) is 2.47. The molecule has 1 aliphatic heterocycles. The van der Waals surface area contributed by atoms with Crippen LogP contribution in [0.2, 0.25) is 0 Å². The summed E-state index contributed by atoms with van der Waals surface area (Å²) in [6.07, 6.45) is 6.12. The number of benzene rings is 2. The molecule has 0 saturated heterocycles. The van der Waals surface area contributed by atoms with Gasteiger partial charge in [0.2, 0.25) is 10.0 Å². The minimum Gasteiger partial charge on any atom is -0.399 e. The van der Waals surface area contributed by atoms with E-state index in [4.69, 9.17) is 5.73 Å². The Balaban J connectivity index is 1.73. The highest BCUT2D eigenvalue weighted by Gasteiger charge is 2.30. The maximum atomic E-state index is 12.3. The van der Waals surface area contributed by atoms with Crippen LogP contribution in [0.1, 0.15) is 12.0 Å². The van der Waals surface area contributed by atoms with Crippen molar-refractivity contribution in [3.63, 3.8) is 0 Å². The van der Waals surface area contributed by atoms with Crippen LogP contribution >= 0.6 is 0 Å². The Morgan fingerprint density at radius 1 is 1.04 bits per heavy atom. The SMILES string of the molecule is Nc1ccc(C2(CCNS(=O)(=O)c3ccccc3)C=CC=N2)cc1. The molecule has 0 aliphatic carbocycles. The van der Waals surface area contributed by atoms with Gasteiger partial charge < -0.3 is 5.73 Å². The zero-order valence-corrected chi connectivity index (χ0v) is 13.9. The van der Waals surface area contributed by atoms with Gasteiger partial charge in [0.15, 0.2) is 0 Å². The second-order valence-electron chi connectivity index (χ2n) is 5.64. The molecule has 5 nitrogen and oxygen atoms in total. The van der Waals surface area contributed by atoms with Crippen molar-refractivity contribution in [2.45, 2.75) is 16.9 Å². The monoisotopic (exact) mass is 341 g/mol. The third-order valence-corrected chi connectivity index (χ3v) is 5.50. The normalized spacial score (nSPS) is 19.7. The van der Waals surface area contributed by atoms with Gasteiger partial charge in [-0.3, -0.25) is 4.99 Å². The van der Waals surface area contributed by atoms with Gasteiger partial charge in [0.05, 0.1) is 4.90 Å². The molecule has 0 amide bonds. The van der Waals surface area contributed by atoms with E-state index in [1.54, 1.807) is 36.5 Å². The third kappa shape index (κ3) is 3.39. The molecule has 2 aromatic carbocycles. The number of allylic oxidation sites excluding steroid dienone is 1. The van der Waals surface area contributed by atoms with E-state index >= 15 is 0 Å². The maximum Gasteiger partial charge on any atom is 0.240 e. The Morgan fingerprint density at radius 2 is 1.75 bits per heavy atom. The van der Waals surface area contributed by atoms with Gasteiger partial charge >= 0.3 is 0 Å². The number of sulfonamides is 1. The van der Waals surface area contributed by atoms with Gasteiger partial charge in [-0.2, -0.15) is 0 Å². The highest BCUT2D eigenvalue weighted by atomic mass is 32.2. The molecule has 6 heteroatoms. The number of hydrogen-bond acceptors (Lipinski definition) is 4. The number of nitrogens with one attached hydrogen (secondary N) is 1. The maximum absolute atomic E-state index is 12.3. The Bertz CT molecular complexity index is 845. The van der Waals surface area contributed by atoms with Crippen molar-refractivity contribution in [1.82, 2.24) is 4.72 Å². The van der Waals surface area contributed by atoms with E-state index in [2.05, 4.69) is 9.71 Å². The molecule has 0 spiro atoms. The fraction of sp³-hybridized carbons (Fsp3) is 0.167. The average Bonchev–Trinajstić information content (AvgIpc) is 3.06. The van der Waals surface area contributed by atoms with Gasteiger partial charge in [-0.05, 0) is 42.3 Å². The first kappa shape index (κ1) is 16.4. The van der Waals surface area contributed by atoms with E-state index in [0.717, 1.165) is 5.56 Å². The number of nitrogen functional groups attached to an aromatic ring is 1. The summed E-state index contributed by atoms with van der Waals surface area (Å²) in [6, 6.07) is 15.8. The topological polar surface area (TPSA) is 84.5 Å². The van der Waals surface area contributed by atoms with Gasteiger partial charge in [0.1, 0.15) is 5.54 Å². The highest BCUT2D eigenvalue weighted by molar-refractivity contribution is 7.89. The second kappa shape index (κ2) is 6.59. The van der Waals surface area contributed by atoms with E-state index in [1.807, 2.05) is 36.4 Å². The van der Waals surface area contributed by atoms with Gasteiger partial charge in [-0.15, -0.1) is 0 Å². The van der Waals surface area contributed by atoms with Gasteiger partial charge in [-0.1, -0.05) is 36.4 Å². The minimum absolute atomic E-state index is 0.261. The van der Waals surface area contributed by atoms with Crippen molar-refractivity contribution in [3.05, 3.63) is 72.3 Å². The Kier molecular flexibility index (Phi) is 4.51. The molecule has 124 valence electrons. The minimum atomic E-state index is -3.51. The zero-order chi connectivity index (χ0) is 17.0. The van der Waals surface area contributed by atoms with Crippen LogP contribution in [-0.2, 0) is 15.6 Å². The molecular formula is C18H19N3O2S. The summed E-state index contributed by atoms with van der Waals surface area (Å²) in [5.74, 6) is 0. The number of nitrogens with zero attached hydrogens (tertiary/aromatic N) is 1. The van der Waals surface area contributed by atoms with Gasteiger partial charge in [-0.25, -0.2) is 13.1 Å². The molecule has 1 heterocycles. The van der Waals surface area contributed by atoms with Crippen molar-refractivity contribution < 1.29 is 8.42 Å². The second-order valence-corrected chi connectivity index (χ2v) is 7.41. The largest absolute Gasteiger partial charge is 0.399 e. The first-order valence-electron chi connectivity index (χ1n) is 7.66. The number of anilines is 1. The van der Waals surface area contributed by atoms with Crippen LogP contribution in [-0.4, -0.2) is 21.2 Å². The van der Waals surface area contributed by atoms with Crippen LogP contribution < -0.4 is 10.5 Å². The lowest BCUT2D eigenvalue weighted by Crippen LogP contribution is -2.30. The number of nitrogens with two attached hydrogens (primary N) is 1. The Morgan fingerprint density at radius 3 is 2.38 bits per heavy atom. The van der Waals surface area contributed by atoms with E-state index in [1.165, 1.54) is 0 Å². The van der Waals surface area contributed by atoms with E-state index < -0.39 is 15.6 Å². The molecule has 1 atom stereocenters. The highest BCUT2D eigenvalue weighted by Crippen LogP contribution is 2.34. The first-order valence-corrected chi connectivity index (χ1v) is 9.14. The smallest absolute Gasteiger partial charge is 0.240 e. The first-order chi connectivity index (χ1) is 11.5. The van der Waals surface area contributed by atoms with Crippen LogP contribution in [0.15, 0.2) is 76.6 Å².